The first-order valence-electron chi connectivity index (χ1n) is 3.53. The predicted octanol–water partition coefficient (Wildman–Crippen LogP) is 0.156. The summed E-state index contributed by atoms with van der Waals surface area (Å²) in [5.41, 5.74) is 5.27. The van der Waals surface area contributed by atoms with Crippen molar-refractivity contribution in [1.82, 2.24) is 10.1 Å². The molecule has 0 aliphatic carbocycles. The summed E-state index contributed by atoms with van der Waals surface area (Å²) in [6, 6.07) is 0.131. The molecule has 0 aromatic carbocycles. The molecule has 1 atom stereocenters. The lowest BCUT2D eigenvalue weighted by atomic mass is 10.1. The molecule has 60 valence electrons. The summed E-state index contributed by atoms with van der Waals surface area (Å²) in [5, 5.41) is 3.71. The molecule has 0 amide bonds. The Morgan fingerprint density at radius 3 is 3.00 bits per heavy atom. The van der Waals surface area contributed by atoms with Gasteiger partial charge in [0.05, 0.1) is 6.61 Å². The zero-order chi connectivity index (χ0) is 7.68. The molecule has 2 rings (SSSR count). The summed E-state index contributed by atoms with van der Waals surface area (Å²) in [6.07, 6.45) is 0.957. The molecule has 5 nitrogen and oxygen atoms in total. The minimum atomic E-state index is 0.131. The Morgan fingerprint density at radius 1 is 1.55 bits per heavy atom. The van der Waals surface area contributed by atoms with E-state index in [1.165, 1.54) is 0 Å². The van der Waals surface area contributed by atoms with Gasteiger partial charge in [-0.3, -0.25) is 0 Å². The smallest absolute Gasteiger partial charge is 0.318 e. The third-order valence-corrected chi connectivity index (χ3v) is 1.75. The average molecular weight is 155 g/mol. The van der Waals surface area contributed by atoms with Crippen LogP contribution >= 0.6 is 0 Å². The van der Waals surface area contributed by atoms with Crippen LogP contribution in [-0.2, 0) is 4.74 Å². The van der Waals surface area contributed by atoms with Gasteiger partial charge in [0.25, 0.3) is 0 Å². The summed E-state index contributed by atoms with van der Waals surface area (Å²) in [6.45, 7) is 1.46. The molecule has 0 saturated carbocycles. The van der Waals surface area contributed by atoms with Crippen LogP contribution in [0, 0.1) is 0 Å². The molecule has 1 aromatic rings. The Hall–Kier alpha value is -1.10. The van der Waals surface area contributed by atoms with Gasteiger partial charge in [0.2, 0.25) is 0 Å². The lowest BCUT2D eigenvalue weighted by molar-refractivity contribution is 0.192. The van der Waals surface area contributed by atoms with Crippen LogP contribution in [-0.4, -0.2) is 23.4 Å². The number of nitrogens with zero attached hydrogens (tertiary/aromatic N) is 2. The highest BCUT2D eigenvalue weighted by molar-refractivity contribution is 5.10. The first kappa shape index (κ1) is 6.60. The Labute approximate surface area is 63.5 Å². The molecular weight excluding hydrogens is 146 g/mol. The van der Waals surface area contributed by atoms with E-state index in [0.29, 0.717) is 12.4 Å². The number of hydrogen-bond acceptors (Lipinski definition) is 5. The van der Waals surface area contributed by atoms with Crippen molar-refractivity contribution in [1.29, 1.82) is 0 Å². The monoisotopic (exact) mass is 155 g/mol. The second kappa shape index (κ2) is 2.50. The van der Waals surface area contributed by atoms with Crippen molar-refractivity contribution in [3.05, 3.63) is 5.82 Å². The van der Waals surface area contributed by atoms with E-state index in [1.807, 2.05) is 0 Å². The second-order valence-electron chi connectivity index (χ2n) is 2.55. The molecule has 0 spiro atoms. The van der Waals surface area contributed by atoms with Gasteiger partial charge in [-0.15, -0.1) is 0 Å². The molecule has 2 N–H and O–H groups in total. The minimum Gasteiger partial charge on any atom is -0.381 e. The summed E-state index contributed by atoms with van der Waals surface area (Å²) < 4.78 is 9.80. The standard InChI is InChI=1S/C6H9N3O2/c7-6-8-5(9-11-6)4-1-2-10-3-4/h4H,1-3H2,(H2,7,8,9). The van der Waals surface area contributed by atoms with Gasteiger partial charge < -0.3 is 15.0 Å². The lowest BCUT2D eigenvalue weighted by Gasteiger charge is -1.96. The maximum Gasteiger partial charge on any atom is 0.318 e. The van der Waals surface area contributed by atoms with Gasteiger partial charge in [-0.1, -0.05) is 5.16 Å². The lowest BCUT2D eigenvalue weighted by Crippen LogP contribution is -1.99. The highest BCUT2D eigenvalue weighted by Gasteiger charge is 2.22. The van der Waals surface area contributed by atoms with Gasteiger partial charge in [0.15, 0.2) is 5.82 Å². The zero-order valence-corrected chi connectivity index (χ0v) is 5.99. The van der Waals surface area contributed by atoms with Crippen LogP contribution in [0.1, 0.15) is 18.2 Å². The molecular formula is C6H9N3O2. The van der Waals surface area contributed by atoms with Crippen molar-refractivity contribution in [2.45, 2.75) is 12.3 Å². The Morgan fingerprint density at radius 2 is 2.45 bits per heavy atom. The van der Waals surface area contributed by atoms with Crippen LogP contribution in [0.25, 0.3) is 0 Å². The Balaban J connectivity index is 2.15. The number of hydrogen-bond donors (Lipinski definition) is 1. The van der Waals surface area contributed by atoms with E-state index in [9.17, 15) is 0 Å². The maximum absolute atomic E-state index is 5.27. The molecule has 2 heterocycles. The van der Waals surface area contributed by atoms with Crippen molar-refractivity contribution in [2.75, 3.05) is 18.9 Å². The summed E-state index contributed by atoms with van der Waals surface area (Å²) in [7, 11) is 0. The molecule has 1 aliphatic rings. The third kappa shape index (κ3) is 1.19. The molecule has 11 heavy (non-hydrogen) atoms. The van der Waals surface area contributed by atoms with Crippen LogP contribution in [0.2, 0.25) is 0 Å². The normalized spacial score (nSPS) is 24.2. The minimum absolute atomic E-state index is 0.131. The van der Waals surface area contributed by atoms with E-state index < -0.39 is 0 Å². The van der Waals surface area contributed by atoms with E-state index in [1.54, 1.807) is 0 Å². The average Bonchev–Trinajstić information content (AvgIpc) is 2.55. The number of nitrogen functional groups attached to an aromatic ring is 1. The fraction of sp³-hybridized carbons (Fsp3) is 0.667. The van der Waals surface area contributed by atoms with E-state index in [4.69, 9.17) is 10.5 Å². The SMILES string of the molecule is Nc1nc(C2CCOC2)no1. The predicted molar refractivity (Wildman–Crippen MR) is 36.9 cm³/mol. The fourth-order valence-corrected chi connectivity index (χ4v) is 1.15. The summed E-state index contributed by atoms with van der Waals surface area (Å²) in [5.74, 6) is 0.941. The van der Waals surface area contributed by atoms with Crippen molar-refractivity contribution >= 4 is 6.01 Å². The molecule has 1 aliphatic heterocycles. The van der Waals surface area contributed by atoms with Crippen molar-refractivity contribution in [2.24, 2.45) is 0 Å². The fourth-order valence-electron chi connectivity index (χ4n) is 1.15. The van der Waals surface area contributed by atoms with Crippen molar-refractivity contribution in [3.63, 3.8) is 0 Å². The van der Waals surface area contributed by atoms with E-state index in [-0.39, 0.29) is 11.9 Å². The molecule has 1 unspecified atom stereocenters. The number of aromatic nitrogens is 2. The van der Waals surface area contributed by atoms with Gasteiger partial charge >= 0.3 is 6.01 Å². The first-order valence-corrected chi connectivity index (χ1v) is 3.53. The number of ether oxygens (including phenoxy) is 1. The molecule has 0 radical (unpaired) electrons. The van der Waals surface area contributed by atoms with Crippen LogP contribution in [0.5, 0.6) is 0 Å². The van der Waals surface area contributed by atoms with Crippen molar-refractivity contribution in [3.8, 4) is 0 Å². The van der Waals surface area contributed by atoms with E-state index >= 15 is 0 Å². The Bertz CT molecular complexity index is 242. The summed E-state index contributed by atoms with van der Waals surface area (Å²) >= 11 is 0. The quantitative estimate of drug-likeness (QED) is 0.625. The van der Waals surface area contributed by atoms with E-state index in [0.717, 1.165) is 13.0 Å². The molecule has 1 fully saturated rings. The molecule has 1 saturated heterocycles. The van der Waals surface area contributed by atoms with Crippen LogP contribution in [0.4, 0.5) is 6.01 Å². The largest absolute Gasteiger partial charge is 0.381 e. The van der Waals surface area contributed by atoms with Crippen LogP contribution in [0.3, 0.4) is 0 Å². The van der Waals surface area contributed by atoms with Gasteiger partial charge in [0.1, 0.15) is 0 Å². The molecule has 5 heteroatoms. The zero-order valence-electron chi connectivity index (χ0n) is 5.99. The second-order valence-corrected chi connectivity index (χ2v) is 2.55. The van der Waals surface area contributed by atoms with Crippen molar-refractivity contribution < 1.29 is 9.26 Å². The topological polar surface area (TPSA) is 74.2 Å². The number of anilines is 1. The maximum atomic E-state index is 5.27. The van der Waals surface area contributed by atoms with Crippen LogP contribution in [0.15, 0.2) is 4.52 Å². The van der Waals surface area contributed by atoms with Gasteiger partial charge in [-0.25, -0.2) is 0 Å². The summed E-state index contributed by atoms with van der Waals surface area (Å²) in [4.78, 5) is 3.91. The highest BCUT2D eigenvalue weighted by atomic mass is 16.5. The van der Waals surface area contributed by atoms with Gasteiger partial charge in [-0.2, -0.15) is 4.98 Å². The first-order chi connectivity index (χ1) is 5.36. The number of nitrogens with two attached hydrogens (primary N) is 1. The number of rotatable bonds is 1. The Kier molecular flexibility index (Phi) is 1.50. The van der Waals surface area contributed by atoms with Gasteiger partial charge in [-0.05, 0) is 6.42 Å². The molecule has 0 bridgehead atoms. The van der Waals surface area contributed by atoms with Gasteiger partial charge in [0, 0.05) is 12.5 Å². The third-order valence-electron chi connectivity index (χ3n) is 1.75. The van der Waals surface area contributed by atoms with Crippen LogP contribution < -0.4 is 5.73 Å². The molecule has 1 aromatic heterocycles. The highest BCUT2D eigenvalue weighted by Crippen LogP contribution is 2.22. The van der Waals surface area contributed by atoms with E-state index in [2.05, 4.69) is 14.7 Å².